The summed E-state index contributed by atoms with van der Waals surface area (Å²) in [5.41, 5.74) is 3.17. The first kappa shape index (κ1) is 17.5. The molecule has 138 valence electrons. The number of hydrogen-bond donors (Lipinski definition) is 0. The highest BCUT2D eigenvalue weighted by Crippen LogP contribution is 2.29. The molecule has 0 saturated heterocycles. The van der Waals surface area contributed by atoms with E-state index in [4.69, 9.17) is 4.74 Å². The summed E-state index contributed by atoms with van der Waals surface area (Å²) in [6, 6.07) is 12.8. The number of aromatic nitrogens is 1. The zero-order chi connectivity index (χ0) is 19.0. The number of thiophene rings is 1. The van der Waals surface area contributed by atoms with Crippen LogP contribution >= 0.6 is 11.3 Å². The molecule has 6 nitrogen and oxygen atoms in total. The lowest BCUT2D eigenvalue weighted by Crippen LogP contribution is -2.41. The quantitative estimate of drug-likeness (QED) is 0.650. The standard InChI is InChI=1S/C20H19N3O3S/c1-3-26-20(25)13(2)23-19(24)17-11-18-16(9-10-27-18)22(17)12-15(21-23)14-7-5-4-6-8-14/h4-11,13H,3,12H2,1-2H3. The Labute approximate surface area is 160 Å². The zero-order valence-electron chi connectivity index (χ0n) is 15.1. The number of amides is 1. The molecular weight excluding hydrogens is 362 g/mol. The molecule has 7 heteroatoms. The minimum atomic E-state index is -0.810. The summed E-state index contributed by atoms with van der Waals surface area (Å²) in [5.74, 6) is -0.770. The molecule has 4 rings (SSSR count). The zero-order valence-corrected chi connectivity index (χ0v) is 15.9. The highest BCUT2D eigenvalue weighted by atomic mass is 32.1. The fraction of sp³-hybridized carbons (Fsp3) is 0.250. The number of carbonyl (C=O) groups excluding carboxylic acids is 2. The molecule has 1 atom stereocenters. The topological polar surface area (TPSA) is 63.9 Å². The lowest BCUT2D eigenvalue weighted by Gasteiger charge is -2.22. The molecule has 2 aromatic heterocycles. The lowest BCUT2D eigenvalue weighted by molar-refractivity contribution is -0.147. The minimum absolute atomic E-state index is 0.257. The van der Waals surface area contributed by atoms with Crippen molar-refractivity contribution in [3.8, 4) is 0 Å². The first-order chi connectivity index (χ1) is 13.1. The van der Waals surface area contributed by atoms with Gasteiger partial charge in [0.2, 0.25) is 0 Å². The molecule has 1 unspecified atom stereocenters. The van der Waals surface area contributed by atoms with Crippen LogP contribution in [0.4, 0.5) is 0 Å². The van der Waals surface area contributed by atoms with Crippen LogP contribution in [-0.2, 0) is 16.1 Å². The first-order valence-corrected chi connectivity index (χ1v) is 9.68. The van der Waals surface area contributed by atoms with Crippen molar-refractivity contribution in [3.05, 3.63) is 59.1 Å². The van der Waals surface area contributed by atoms with Gasteiger partial charge in [0, 0.05) is 0 Å². The Morgan fingerprint density at radius 2 is 2.07 bits per heavy atom. The molecule has 0 spiro atoms. The number of benzene rings is 1. The van der Waals surface area contributed by atoms with E-state index in [0.29, 0.717) is 12.2 Å². The predicted molar refractivity (Wildman–Crippen MR) is 105 cm³/mol. The van der Waals surface area contributed by atoms with E-state index in [1.807, 2.05) is 52.4 Å². The monoisotopic (exact) mass is 381 g/mol. The number of fused-ring (bicyclic) bond motifs is 3. The molecule has 1 amide bonds. The number of nitrogens with zero attached hydrogens (tertiary/aromatic N) is 3. The number of ether oxygens (including phenoxy) is 1. The normalized spacial score (nSPS) is 15.3. The van der Waals surface area contributed by atoms with E-state index in [-0.39, 0.29) is 12.5 Å². The Bertz CT molecular complexity index is 1040. The molecule has 3 aromatic rings. The smallest absolute Gasteiger partial charge is 0.330 e. The SMILES string of the molecule is CCOC(=O)C(C)N1N=C(c2ccccc2)Cn2c(cc3sccc32)C1=O. The van der Waals surface area contributed by atoms with Gasteiger partial charge in [0.1, 0.15) is 5.69 Å². The molecule has 0 N–H and O–H groups in total. The third-order valence-electron chi connectivity index (χ3n) is 4.59. The summed E-state index contributed by atoms with van der Waals surface area (Å²) in [7, 11) is 0. The van der Waals surface area contributed by atoms with Crippen molar-refractivity contribution in [1.29, 1.82) is 0 Å². The second-order valence-electron chi connectivity index (χ2n) is 6.28. The van der Waals surface area contributed by atoms with Crippen molar-refractivity contribution in [2.75, 3.05) is 6.61 Å². The molecule has 3 heterocycles. The molecule has 0 saturated carbocycles. The van der Waals surface area contributed by atoms with Crippen LogP contribution in [0, 0.1) is 0 Å². The molecular formula is C20H19N3O3S. The van der Waals surface area contributed by atoms with Gasteiger partial charge in [-0.05, 0) is 36.9 Å². The summed E-state index contributed by atoms with van der Waals surface area (Å²) in [5, 5.41) is 7.85. The van der Waals surface area contributed by atoms with E-state index in [1.165, 1.54) is 5.01 Å². The van der Waals surface area contributed by atoms with Gasteiger partial charge in [0.15, 0.2) is 6.04 Å². The average Bonchev–Trinajstić information content (AvgIpc) is 3.23. The van der Waals surface area contributed by atoms with E-state index in [1.54, 1.807) is 25.2 Å². The number of hydrazone groups is 1. The van der Waals surface area contributed by atoms with Crippen LogP contribution in [0.1, 0.15) is 29.9 Å². The number of hydrogen-bond acceptors (Lipinski definition) is 5. The van der Waals surface area contributed by atoms with Crippen LogP contribution in [0.15, 0.2) is 52.9 Å². The molecule has 0 fully saturated rings. The molecule has 1 aliphatic rings. The van der Waals surface area contributed by atoms with Gasteiger partial charge < -0.3 is 9.30 Å². The Hall–Kier alpha value is -2.93. The van der Waals surface area contributed by atoms with E-state index in [9.17, 15) is 9.59 Å². The summed E-state index contributed by atoms with van der Waals surface area (Å²) < 4.78 is 8.12. The van der Waals surface area contributed by atoms with Crippen LogP contribution in [0.3, 0.4) is 0 Å². The van der Waals surface area contributed by atoms with Crippen molar-refractivity contribution < 1.29 is 14.3 Å². The van der Waals surface area contributed by atoms with Gasteiger partial charge in [-0.15, -0.1) is 11.3 Å². The second-order valence-corrected chi connectivity index (χ2v) is 7.22. The van der Waals surface area contributed by atoms with Gasteiger partial charge in [-0.2, -0.15) is 5.10 Å². The molecule has 1 aromatic carbocycles. The Kier molecular flexibility index (Phi) is 4.53. The third-order valence-corrected chi connectivity index (χ3v) is 5.44. The summed E-state index contributed by atoms with van der Waals surface area (Å²) in [6.07, 6.45) is 0. The molecule has 27 heavy (non-hydrogen) atoms. The third kappa shape index (κ3) is 3.04. The van der Waals surface area contributed by atoms with Gasteiger partial charge >= 0.3 is 5.97 Å². The van der Waals surface area contributed by atoms with E-state index < -0.39 is 12.0 Å². The van der Waals surface area contributed by atoms with Crippen molar-refractivity contribution in [1.82, 2.24) is 9.58 Å². The van der Waals surface area contributed by atoms with Crippen molar-refractivity contribution in [2.45, 2.75) is 26.4 Å². The first-order valence-electron chi connectivity index (χ1n) is 8.80. The Morgan fingerprint density at radius 3 is 2.81 bits per heavy atom. The number of esters is 1. The van der Waals surface area contributed by atoms with Gasteiger partial charge in [-0.1, -0.05) is 30.3 Å². The maximum Gasteiger partial charge on any atom is 0.330 e. The lowest BCUT2D eigenvalue weighted by atomic mass is 10.1. The van der Waals surface area contributed by atoms with Gasteiger partial charge in [-0.3, -0.25) is 4.79 Å². The predicted octanol–water partition coefficient (Wildman–Crippen LogP) is 3.51. The molecule has 0 aliphatic carbocycles. The number of carbonyl (C=O) groups is 2. The highest BCUT2D eigenvalue weighted by molar-refractivity contribution is 7.17. The molecule has 0 radical (unpaired) electrons. The second kappa shape index (κ2) is 7.00. The van der Waals surface area contributed by atoms with Crippen LogP contribution in [0.2, 0.25) is 0 Å². The van der Waals surface area contributed by atoms with Crippen molar-refractivity contribution >= 4 is 39.1 Å². The van der Waals surface area contributed by atoms with Crippen LogP contribution in [-0.4, -0.2) is 39.8 Å². The summed E-state index contributed by atoms with van der Waals surface area (Å²) >= 11 is 1.59. The van der Waals surface area contributed by atoms with Gasteiger partial charge in [0.05, 0.1) is 29.1 Å². The van der Waals surface area contributed by atoms with Crippen molar-refractivity contribution in [3.63, 3.8) is 0 Å². The fourth-order valence-corrected chi connectivity index (χ4v) is 4.03. The van der Waals surface area contributed by atoms with E-state index in [0.717, 1.165) is 21.5 Å². The van der Waals surface area contributed by atoms with Crippen LogP contribution in [0.25, 0.3) is 10.2 Å². The van der Waals surface area contributed by atoms with Gasteiger partial charge in [-0.25, -0.2) is 9.80 Å². The van der Waals surface area contributed by atoms with Crippen molar-refractivity contribution in [2.24, 2.45) is 5.10 Å². The van der Waals surface area contributed by atoms with Crippen LogP contribution in [0.5, 0.6) is 0 Å². The highest BCUT2D eigenvalue weighted by Gasteiger charge is 2.33. The minimum Gasteiger partial charge on any atom is -0.464 e. The van der Waals surface area contributed by atoms with Gasteiger partial charge in [0.25, 0.3) is 5.91 Å². The molecule has 0 bridgehead atoms. The molecule has 1 aliphatic heterocycles. The van der Waals surface area contributed by atoms with E-state index in [2.05, 4.69) is 5.10 Å². The Morgan fingerprint density at radius 1 is 1.30 bits per heavy atom. The largest absolute Gasteiger partial charge is 0.464 e. The average molecular weight is 381 g/mol. The maximum absolute atomic E-state index is 13.2. The summed E-state index contributed by atoms with van der Waals surface area (Å²) in [6.45, 7) is 4.10. The fourth-order valence-electron chi connectivity index (χ4n) is 3.20. The number of rotatable bonds is 4. The maximum atomic E-state index is 13.2. The van der Waals surface area contributed by atoms with E-state index >= 15 is 0 Å². The van der Waals surface area contributed by atoms with Crippen LogP contribution < -0.4 is 0 Å². The Balaban J connectivity index is 1.85. The summed E-state index contributed by atoms with van der Waals surface area (Å²) in [4.78, 5) is 25.5.